The quantitative estimate of drug-likeness (QED) is 0.736. The van der Waals surface area contributed by atoms with Gasteiger partial charge in [-0.3, -0.25) is 4.79 Å². The molecule has 0 fully saturated rings. The van der Waals surface area contributed by atoms with E-state index in [1.807, 2.05) is 35.4 Å². The van der Waals surface area contributed by atoms with E-state index in [0.717, 1.165) is 23.1 Å². The lowest BCUT2D eigenvalue weighted by Crippen LogP contribution is -2.50. The van der Waals surface area contributed by atoms with Crippen LogP contribution in [0.4, 0.5) is 0 Å². The van der Waals surface area contributed by atoms with Crippen LogP contribution in [0.1, 0.15) is 40.9 Å². The molecule has 1 aliphatic heterocycles. The number of benzene rings is 1. The van der Waals surface area contributed by atoms with Crippen LogP contribution < -0.4 is 15.2 Å². The van der Waals surface area contributed by atoms with E-state index in [2.05, 4.69) is 18.9 Å². The molecule has 7 nitrogen and oxygen atoms in total. The number of nitrogens with zero attached hydrogens (tertiary/aromatic N) is 3. The molecule has 1 aliphatic rings. The number of amides is 1. The molecular weight excluding hydrogens is 368 g/mol. The highest BCUT2D eigenvalue weighted by Crippen LogP contribution is 2.41. The maximum Gasteiger partial charge on any atom is 0.258 e. The fourth-order valence-corrected chi connectivity index (χ4v) is 4.17. The molecule has 0 atom stereocenters. The molecule has 0 aliphatic carbocycles. The standard InChI is InChI=1S/C22H26N4O3/c1-22(2)17-11-20(29-4)19(28-3)10-15(17)6-7-25(22)21(27)16-13-24-26-8-5-14(12-23)9-18(16)26/h5,8-11,13H,6-7,12,23H2,1-4H3. The van der Waals surface area contributed by atoms with Crippen LogP contribution in [0.5, 0.6) is 11.5 Å². The molecule has 0 spiro atoms. The summed E-state index contributed by atoms with van der Waals surface area (Å²) in [6, 6.07) is 7.84. The third kappa shape index (κ3) is 3.02. The molecular formula is C22H26N4O3. The second kappa shape index (κ2) is 7.08. The number of hydrogen-bond donors (Lipinski definition) is 1. The molecule has 7 heteroatoms. The van der Waals surface area contributed by atoms with Crippen LogP contribution in [0.25, 0.3) is 5.52 Å². The van der Waals surface area contributed by atoms with Crippen molar-refractivity contribution in [2.75, 3.05) is 20.8 Å². The number of carbonyl (C=O) groups is 1. The summed E-state index contributed by atoms with van der Waals surface area (Å²) in [5, 5.41) is 4.34. The van der Waals surface area contributed by atoms with Gasteiger partial charge in [-0.1, -0.05) is 0 Å². The molecule has 29 heavy (non-hydrogen) atoms. The number of rotatable bonds is 4. The summed E-state index contributed by atoms with van der Waals surface area (Å²) < 4.78 is 12.7. The highest BCUT2D eigenvalue weighted by atomic mass is 16.5. The van der Waals surface area contributed by atoms with Crippen molar-refractivity contribution in [3.8, 4) is 11.5 Å². The Morgan fingerprint density at radius 3 is 2.62 bits per heavy atom. The topological polar surface area (TPSA) is 82.1 Å². The summed E-state index contributed by atoms with van der Waals surface area (Å²) in [6.45, 7) is 5.15. The van der Waals surface area contributed by atoms with Gasteiger partial charge >= 0.3 is 0 Å². The SMILES string of the molecule is COc1cc2c(cc1OC)C(C)(C)N(C(=O)c1cnn3ccc(CN)cc13)CC2. The Labute approximate surface area is 170 Å². The first-order chi connectivity index (χ1) is 13.9. The number of fused-ring (bicyclic) bond motifs is 2. The van der Waals surface area contributed by atoms with Crippen LogP contribution in [-0.4, -0.2) is 41.2 Å². The lowest BCUT2D eigenvalue weighted by molar-refractivity contribution is 0.0514. The number of carbonyl (C=O) groups excluding carboxylic acids is 1. The largest absolute Gasteiger partial charge is 0.493 e. The van der Waals surface area contributed by atoms with Crippen LogP contribution in [0.3, 0.4) is 0 Å². The molecule has 4 rings (SSSR count). The molecule has 1 amide bonds. The molecule has 0 bridgehead atoms. The van der Waals surface area contributed by atoms with Crippen molar-refractivity contribution in [2.24, 2.45) is 5.73 Å². The molecule has 3 aromatic rings. The fraction of sp³-hybridized carbons (Fsp3) is 0.364. The van der Waals surface area contributed by atoms with E-state index < -0.39 is 5.54 Å². The van der Waals surface area contributed by atoms with Crippen LogP contribution in [0.15, 0.2) is 36.7 Å². The molecule has 0 saturated heterocycles. The predicted molar refractivity (Wildman–Crippen MR) is 110 cm³/mol. The minimum atomic E-state index is -0.510. The van der Waals surface area contributed by atoms with Gasteiger partial charge in [0.15, 0.2) is 11.5 Å². The molecule has 0 saturated carbocycles. The monoisotopic (exact) mass is 394 g/mol. The lowest BCUT2D eigenvalue weighted by atomic mass is 9.82. The Balaban J connectivity index is 1.76. The number of aromatic nitrogens is 2. The fourth-order valence-electron chi connectivity index (χ4n) is 4.17. The first-order valence-corrected chi connectivity index (χ1v) is 9.64. The normalized spacial score (nSPS) is 15.3. The van der Waals surface area contributed by atoms with Gasteiger partial charge in [-0.25, -0.2) is 4.52 Å². The van der Waals surface area contributed by atoms with Crippen LogP contribution in [-0.2, 0) is 18.5 Å². The van der Waals surface area contributed by atoms with Gasteiger partial charge in [-0.2, -0.15) is 5.10 Å². The highest BCUT2D eigenvalue weighted by Gasteiger charge is 2.39. The molecule has 0 unspecified atom stereocenters. The molecule has 2 N–H and O–H groups in total. The van der Waals surface area contributed by atoms with E-state index in [1.54, 1.807) is 24.9 Å². The van der Waals surface area contributed by atoms with Crippen molar-refractivity contribution in [2.45, 2.75) is 32.4 Å². The summed E-state index contributed by atoms with van der Waals surface area (Å²) in [4.78, 5) is 15.5. The van der Waals surface area contributed by atoms with Crippen LogP contribution in [0.2, 0.25) is 0 Å². The lowest BCUT2D eigenvalue weighted by Gasteiger charge is -2.44. The van der Waals surface area contributed by atoms with E-state index in [1.165, 1.54) is 5.56 Å². The van der Waals surface area contributed by atoms with Crippen molar-refractivity contribution in [1.29, 1.82) is 0 Å². The Hall–Kier alpha value is -3.06. The summed E-state index contributed by atoms with van der Waals surface area (Å²) >= 11 is 0. The summed E-state index contributed by atoms with van der Waals surface area (Å²) in [7, 11) is 3.26. The number of methoxy groups -OCH3 is 2. The second-order valence-electron chi connectivity index (χ2n) is 7.76. The van der Waals surface area contributed by atoms with Crippen molar-refractivity contribution in [3.05, 3.63) is 58.9 Å². The van der Waals surface area contributed by atoms with Crippen molar-refractivity contribution < 1.29 is 14.3 Å². The minimum absolute atomic E-state index is 0.0420. The van der Waals surface area contributed by atoms with E-state index in [0.29, 0.717) is 30.2 Å². The molecule has 152 valence electrons. The third-order valence-corrected chi connectivity index (χ3v) is 5.85. The number of hydrogen-bond acceptors (Lipinski definition) is 5. The summed E-state index contributed by atoms with van der Waals surface area (Å²) in [6.07, 6.45) is 4.22. The second-order valence-corrected chi connectivity index (χ2v) is 7.76. The van der Waals surface area contributed by atoms with Gasteiger partial charge in [0.05, 0.1) is 37.0 Å². The first-order valence-electron chi connectivity index (χ1n) is 9.64. The number of ether oxygens (including phenoxy) is 2. The molecule has 0 radical (unpaired) electrons. The Kier molecular flexibility index (Phi) is 4.70. The molecule has 3 heterocycles. The molecule has 1 aromatic carbocycles. The highest BCUT2D eigenvalue weighted by molar-refractivity contribution is 6.01. The zero-order valence-electron chi connectivity index (χ0n) is 17.2. The summed E-state index contributed by atoms with van der Waals surface area (Å²) in [5.41, 5.74) is 9.82. The third-order valence-electron chi connectivity index (χ3n) is 5.85. The van der Waals surface area contributed by atoms with E-state index in [9.17, 15) is 4.79 Å². The minimum Gasteiger partial charge on any atom is -0.493 e. The van der Waals surface area contributed by atoms with Gasteiger partial charge in [0.1, 0.15) is 0 Å². The first kappa shape index (κ1) is 19.3. The number of nitrogens with two attached hydrogens (primary N) is 1. The average molecular weight is 394 g/mol. The Morgan fingerprint density at radius 1 is 1.21 bits per heavy atom. The maximum absolute atomic E-state index is 13.6. The summed E-state index contributed by atoms with van der Waals surface area (Å²) in [5.74, 6) is 1.33. The van der Waals surface area contributed by atoms with Crippen molar-refractivity contribution in [1.82, 2.24) is 14.5 Å². The van der Waals surface area contributed by atoms with Gasteiger partial charge in [-0.05, 0) is 61.2 Å². The van der Waals surface area contributed by atoms with Gasteiger partial charge in [0.25, 0.3) is 5.91 Å². The number of pyridine rings is 1. The Bertz CT molecular complexity index is 1090. The van der Waals surface area contributed by atoms with Gasteiger partial charge < -0.3 is 20.1 Å². The van der Waals surface area contributed by atoms with Gasteiger partial charge in [-0.15, -0.1) is 0 Å². The van der Waals surface area contributed by atoms with Gasteiger partial charge in [0, 0.05) is 19.3 Å². The predicted octanol–water partition coefficient (Wildman–Crippen LogP) is 2.74. The van der Waals surface area contributed by atoms with Crippen molar-refractivity contribution >= 4 is 11.4 Å². The van der Waals surface area contributed by atoms with E-state index >= 15 is 0 Å². The average Bonchev–Trinajstić information content (AvgIpc) is 3.15. The van der Waals surface area contributed by atoms with E-state index in [-0.39, 0.29) is 5.91 Å². The van der Waals surface area contributed by atoms with E-state index in [4.69, 9.17) is 15.2 Å². The zero-order valence-corrected chi connectivity index (χ0v) is 17.2. The Morgan fingerprint density at radius 2 is 1.93 bits per heavy atom. The maximum atomic E-state index is 13.6. The van der Waals surface area contributed by atoms with Crippen LogP contribution >= 0.6 is 0 Å². The molecule has 2 aromatic heterocycles. The van der Waals surface area contributed by atoms with Crippen molar-refractivity contribution in [3.63, 3.8) is 0 Å². The zero-order chi connectivity index (χ0) is 20.8. The van der Waals surface area contributed by atoms with Gasteiger partial charge in [0.2, 0.25) is 0 Å². The smallest absolute Gasteiger partial charge is 0.258 e. The van der Waals surface area contributed by atoms with Crippen LogP contribution in [0, 0.1) is 0 Å².